The van der Waals surface area contributed by atoms with E-state index in [0.29, 0.717) is 5.11 Å². The summed E-state index contributed by atoms with van der Waals surface area (Å²) in [6.07, 6.45) is 2.10. The van der Waals surface area contributed by atoms with Crippen LogP contribution in [0.2, 0.25) is 0 Å². The maximum Gasteiger partial charge on any atom is 0.175 e. The third-order valence-corrected chi connectivity index (χ3v) is 3.93. The summed E-state index contributed by atoms with van der Waals surface area (Å²) in [5.74, 6) is 0. The maximum absolute atomic E-state index is 5.37. The Hall–Kier alpha value is -1.44. The predicted molar refractivity (Wildman–Crippen MR) is 101 cm³/mol. The second-order valence-corrected chi connectivity index (χ2v) is 5.97. The van der Waals surface area contributed by atoms with E-state index in [1.165, 1.54) is 11.1 Å². The monoisotopic (exact) mass is 316 g/mol. The highest BCUT2D eigenvalue weighted by Gasteiger charge is 2.03. The van der Waals surface area contributed by atoms with E-state index in [1.54, 1.807) is 0 Å². The summed E-state index contributed by atoms with van der Waals surface area (Å²) in [4.78, 5) is 0. The number of rotatable bonds is 4. The smallest absolute Gasteiger partial charge is 0.175 e. The van der Waals surface area contributed by atoms with Gasteiger partial charge < -0.3 is 10.6 Å². The quantitative estimate of drug-likeness (QED) is 0.655. The van der Waals surface area contributed by atoms with Crippen LogP contribution in [-0.2, 0) is 12.8 Å². The first-order valence-corrected chi connectivity index (χ1v) is 8.16. The van der Waals surface area contributed by atoms with Crippen molar-refractivity contribution in [2.24, 2.45) is 0 Å². The molecule has 2 rings (SSSR count). The molecule has 2 aromatic rings. The van der Waals surface area contributed by atoms with Crippen LogP contribution in [0.5, 0.6) is 0 Å². The molecule has 21 heavy (non-hydrogen) atoms. The van der Waals surface area contributed by atoms with Crippen LogP contribution in [0.4, 0.5) is 11.4 Å². The third-order valence-electron chi connectivity index (χ3n) is 3.37. The molecule has 0 heterocycles. The largest absolute Gasteiger partial charge is 0.332 e. The maximum atomic E-state index is 5.37. The van der Waals surface area contributed by atoms with Gasteiger partial charge >= 0.3 is 0 Å². The Morgan fingerprint density at radius 1 is 0.952 bits per heavy atom. The van der Waals surface area contributed by atoms with Crippen molar-refractivity contribution >= 4 is 43.2 Å². The van der Waals surface area contributed by atoms with E-state index in [0.717, 1.165) is 29.5 Å². The van der Waals surface area contributed by atoms with E-state index in [-0.39, 0.29) is 0 Å². The van der Waals surface area contributed by atoms with Crippen LogP contribution in [0.3, 0.4) is 0 Å². The molecule has 0 aliphatic carbocycles. The summed E-state index contributed by atoms with van der Waals surface area (Å²) in [6.45, 7) is 4.36. The summed E-state index contributed by atoms with van der Waals surface area (Å²) in [5.41, 5.74) is 4.79. The topological polar surface area (TPSA) is 24.1 Å². The fraction of sp³-hybridized carbons (Fsp3) is 0.235. The molecular formula is C17H21N2PS. The second-order valence-electron chi connectivity index (χ2n) is 4.90. The Labute approximate surface area is 134 Å². The van der Waals surface area contributed by atoms with Crippen LogP contribution in [0.1, 0.15) is 25.0 Å². The first-order chi connectivity index (χ1) is 10.1. The molecule has 1 atom stereocenters. The van der Waals surface area contributed by atoms with Crippen LogP contribution >= 0.6 is 21.5 Å². The molecule has 0 aliphatic rings. The fourth-order valence-electron chi connectivity index (χ4n) is 2.29. The van der Waals surface area contributed by atoms with Gasteiger partial charge in [0.25, 0.3) is 0 Å². The fourth-order valence-corrected chi connectivity index (χ4v) is 2.81. The average molecular weight is 316 g/mol. The lowest BCUT2D eigenvalue weighted by Gasteiger charge is -2.13. The highest BCUT2D eigenvalue weighted by Crippen LogP contribution is 2.17. The minimum Gasteiger partial charge on any atom is -0.332 e. The van der Waals surface area contributed by atoms with E-state index in [2.05, 4.69) is 51.9 Å². The Morgan fingerprint density at radius 3 is 2.24 bits per heavy atom. The predicted octanol–water partition coefficient (Wildman–Crippen LogP) is 4.12. The van der Waals surface area contributed by atoms with Gasteiger partial charge in [-0.2, -0.15) is 0 Å². The SMILES string of the molecule is CCc1ccc(NC(=S)Nc2cccc(P)c2)cc1CC. The number of benzene rings is 2. The molecule has 0 aromatic heterocycles. The zero-order valence-corrected chi connectivity index (χ0v) is 14.4. The lowest BCUT2D eigenvalue weighted by atomic mass is 10.0. The molecule has 0 amide bonds. The van der Waals surface area contributed by atoms with Crippen molar-refractivity contribution in [2.45, 2.75) is 26.7 Å². The van der Waals surface area contributed by atoms with Crippen molar-refractivity contribution in [1.82, 2.24) is 0 Å². The van der Waals surface area contributed by atoms with E-state index < -0.39 is 0 Å². The van der Waals surface area contributed by atoms with Crippen molar-refractivity contribution in [2.75, 3.05) is 10.6 Å². The summed E-state index contributed by atoms with van der Waals surface area (Å²) >= 11 is 5.37. The van der Waals surface area contributed by atoms with Gasteiger partial charge in [0.1, 0.15) is 0 Å². The Morgan fingerprint density at radius 2 is 1.62 bits per heavy atom. The summed E-state index contributed by atoms with van der Waals surface area (Å²) < 4.78 is 0. The van der Waals surface area contributed by atoms with Gasteiger partial charge in [0.2, 0.25) is 0 Å². The highest BCUT2D eigenvalue weighted by atomic mass is 32.1. The zero-order valence-electron chi connectivity index (χ0n) is 12.4. The van der Waals surface area contributed by atoms with Crippen molar-refractivity contribution in [1.29, 1.82) is 0 Å². The molecule has 4 heteroatoms. The van der Waals surface area contributed by atoms with Gasteiger partial charge in [-0.3, -0.25) is 0 Å². The minimum absolute atomic E-state index is 0.608. The van der Waals surface area contributed by atoms with Crippen LogP contribution in [-0.4, -0.2) is 5.11 Å². The average Bonchev–Trinajstić information content (AvgIpc) is 2.47. The molecule has 2 N–H and O–H groups in total. The van der Waals surface area contributed by atoms with Crippen LogP contribution in [0.25, 0.3) is 0 Å². The molecule has 0 fully saturated rings. The minimum atomic E-state index is 0.608. The van der Waals surface area contributed by atoms with Crippen LogP contribution in [0, 0.1) is 0 Å². The zero-order chi connectivity index (χ0) is 15.2. The van der Waals surface area contributed by atoms with Crippen molar-refractivity contribution < 1.29 is 0 Å². The van der Waals surface area contributed by atoms with E-state index in [1.807, 2.05) is 24.3 Å². The second kappa shape index (κ2) is 7.53. The molecule has 2 aromatic carbocycles. The third kappa shape index (κ3) is 4.52. The molecule has 0 bridgehead atoms. The van der Waals surface area contributed by atoms with Gasteiger partial charge in [-0.05, 0) is 65.8 Å². The number of anilines is 2. The molecular weight excluding hydrogens is 295 g/mol. The molecule has 0 radical (unpaired) electrons. The summed E-state index contributed by atoms with van der Waals surface area (Å²) in [6, 6.07) is 14.5. The van der Waals surface area contributed by atoms with Crippen molar-refractivity contribution in [3.8, 4) is 0 Å². The number of thiocarbonyl (C=S) groups is 1. The number of hydrogen-bond donors (Lipinski definition) is 2. The molecule has 0 saturated heterocycles. The van der Waals surface area contributed by atoms with Crippen molar-refractivity contribution in [3.63, 3.8) is 0 Å². The van der Waals surface area contributed by atoms with Gasteiger partial charge in [0.05, 0.1) is 0 Å². The standard InChI is InChI=1S/C17H21N2PS/c1-3-12-8-9-15(10-13(12)4-2)19-17(21)18-14-6-5-7-16(20)11-14/h5-11H,3-4,20H2,1-2H3,(H2,18,19,21). The first kappa shape index (κ1) is 15.9. The van der Waals surface area contributed by atoms with Gasteiger partial charge in [0, 0.05) is 11.4 Å². The molecule has 1 unspecified atom stereocenters. The Balaban J connectivity index is 2.06. The lowest BCUT2D eigenvalue weighted by molar-refractivity contribution is 1.04. The number of nitrogens with one attached hydrogen (secondary N) is 2. The highest BCUT2D eigenvalue weighted by molar-refractivity contribution is 7.80. The molecule has 0 aliphatic heterocycles. The molecule has 0 spiro atoms. The van der Waals surface area contributed by atoms with Crippen LogP contribution in [0.15, 0.2) is 42.5 Å². The summed E-state index contributed by atoms with van der Waals surface area (Å²) in [5, 5.41) is 8.19. The normalized spacial score (nSPS) is 10.2. The molecule has 110 valence electrons. The number of hydrogen-bond acceptors (Lipinski definition) is 1. The summed E-state index contributed by atoms with van der Waals surface area (Å²) in [7, 11) is 2.68. The van der Waals surface area contributed by atoms with E-state index in [9.17, 15) is 0 Å². The van der Waals surface area contributed by atoms with E-state index in [4.69, 9.17) is 12.2 Å². The molecule has 2 nitrogen and oxygen atoms in total. The Kier molecular flexibility index (Phi) is 5.72. The van der Waals surface area contributed by atoms with Crippen molar-refractivity contribution in [3.05, 3.63) is 53.6 Å². The van der Waals surface area contributed by atoms with Gasteiger partial charge in [-0.1, -0.05) is 32.0 Å². The Bertz CT molecular complexity index is 640. The van der Waals surface area contributed by atoms with Gasteiger partial charge in [-0.15, -0.1) is 9.24 Å². The van der Waals surface area contributed by atoms with E-state index >= 15 is 0 Å². The van der Waals surface area contributed by atoms with Gasteiger partial charge in [0.15, 0.2) is 5.11 Å². The molecule has 0 saturated carbocycles. The lowest BCUT2D eigenvalue weighted by Crippen LogP contribution is -2.19. The first-order valence-electron chi connectivity index (χ1n) is 7.17. The van der Waals surface area contributed by atoms with Crippen LogP contribution < -0.4 is 15.9 Å². The van der Waals surface area contributed by atoms with Gasteiger partial charge in [-0.25, -0.2) is 0 Å². The number of aryl methyl sites for hydroxylation is 2.